The van der Waals surface area contributed by atoms with Gasteiger partial charge in [0.1, 0.15) is 0 Å². The summed E-state index contributed by atoms with van der Waals surface area (Å²) in [5.41, 5.74) is 6.33. The first kappa shape index (κ1) is 14.3. The maximum atomic E-state index is 12.8. The number of rotatable bonds is 1. The zero-order valence-electron chi connectivity index (χ0n) is 12.8. The van der Waals surface area contributed by atoms with Crippen LogP contribution in [-0.2, 0) is 4.79 Å². The van der Waals surface area contributed by atoms with Crippen molar-refractivity contribution in [1.82, 2.24) is 10.2 Å². The van der Waals surface area contributed by atoms with E-state index in [2.05, 4.69) is 24.1 Å². The molecule has 0 radical (unpaired) electrons. The lowest BCUT2D eigenvalue weighted by atomic mass is 9.65. The van der Waals surface area contributed by atoms with E-state index < -0.39 is 0 Å². The van der Waals surface area contributed by atoms with Gasteiger partial charge in [-0.2, -0.15) is 0 Å². The van der Waals surface area contributed by atoms with Crippen molar-refractivity contribution < 1.29 is 4.79 Å². The molecule has 1 amide bonds. The molecular weight excluding hydrogens is 250 g/mol. The highest BCUT2D eigenvalue weighted by Crippen LogP contribution is 2.42. The van der Waals surface area contributed by atoms with Crippen LogP contribution in [-0.4, -0.2) is 42.0 Å². The van der Waals surface area contributed by atoms with E-state index >= 15 is 0 Å². The molecule has 4 nitrogen and oxygen atoms in total. The number of carbonyl (C=O) groups is 1. The lowest BCUT2D eigenvalue weighted by molar-refractivity contribution is -0.140. The molecule has 20 heavy (non-hydrogen) atoms. The predicted molar refractivity (Wildman–Crippen MR) is 80.2 cm³/mol. The molecule has 4 atom stereocenters. The van der Waals surface area contributed by atoms with E-state index in [9.17, 15) is 4.79 Å². The van der Waals surface area contributed by atoms with Crippen molar-refractivity contribution in [1.29, 1.82) is 0 Å². The molecule has 4 unspecified atom stereocenters. The third-order valence-electron chi connectivity index (χ3n) is 5.63. The van der Waals surface area contributed by atoms with E-state index in [1.807, 2.05) is 0 Å². The maximum absolute atomic E-state index is 12.8. The molecule has 1 saturated heterocycles. The summed E-state index contributed by atoms with van der Waals surface area (Å²) < 4.78 is 0. The highest BCUT2D eigenvalue weighted by molar-refractivity contribution is 5.79. The zero-order valence-corrected chi connectivity index (χ0v) is 12.8. The van der Waals surface area contributed by atoms with Crippen LogP contribution in [0, 0.1) is 17.8 Å². The molecule has 0 aromatic carbocycles. The standard InChI is InChI=1S/C16H29N3O/c1-10-8-19(9-11(2)18-10)16(20)14-6-12-4-3-5-13(7-14)15(12)17/h10-15,18H,3-9,17H2,1-2H3. The second-order valence-corrected chi connectivity index (χ2v) is 7.41. The minimum atomic E-state index is 0.239. The second kappa shape index (κ2) is 5.64. The van der Waals surface area contributed by atoms with Gasteiger partial charge in [0, 0.05) is 37.1 Å². The van der Waals surface area contributed by atoms with Gasteiger partial charge in [-0.1, -0.05) is 6.42 Å². The fourth-order valence-electron chi connectivity index (χ4n) is 4.76. The first-order valence-corrected chi connectivity index (χ1v) is 8.35. The van der Waals surface area contributed by atoms with Gasteiger partial charge in [-0.15, -0.1) is 0 Å². The molecule has 2 saturated carbocycles. The fraction of sp³-hybridized carbons (Fsp3) is 0.938. The van der Waals surface area contributed by atoms with Crippen LogP contribution in [0.1, 0.15) is 46.0 Å². The van der Waals surface area contributed by atoms with Crippen molar-refractivity contribution in [3.63, 3.8) is 0 Å². The lowest BCUT2D eigenvalue weighted by Crippen LogP contribution is -2.58. The summed E-state index contributed by atoms with van der Waals surface area (Å²) in [7, 11) is 0. The van der Waals surface area contributed by atoms with Crippen LogP contribution < -0.4 is 11.1 Å². The van der Waals surface area contributed by atoms with Crippen LogP contribution >= 0.6 is 0 Å². The molecular formula is C16H29N3O. The van der Waals surface area contributed by atoms with E-state index in [-0.39, 0.29) is 5.92 Å². The maximum Gasteiger partial charge on any atom is 0.225 e. The van der Waals surface area contributed by atoms with Crippen LogP contribution in [0.5, 0.6) is 0 Å². The van der Waals surface area contributed by atoms with Gasteiger partial charge in [0.05, 0.1) is 0 Å². The summed E-state index contributed by atoms with van der Waals surface area (Å²) in [4.78, 5) is 14.9. The third kappa shape index (κ3) is 2.73. The average molecular weight is 279 g/mol. The summed E-state index contributed by atoms with van der Waals surface area (Å²) in [6, 6.07) is 1.18. The minimum Gasteiger partial charge on any atom is -0.339 e. The molecule has 1 aliphatic heterocycles. The van der Waals surface area contributed by atoms with Gasteiger partial charge in [-0.3, -0.25) is 4.79 Å². The van der Waals surface area contributed by atoms with E-state index in [4.69, 9.17) is 5.73 Å². The summed E-state index contributed by atoms with van der Waals surface area (Å²) in [6.45, 7) is 6.06. The number of carbonyl (C=O) groups excluding carboxylic acids is 1. The Morgan fingerprint density at radius 2 is 1.65 bits per heavy atom. The molecule has 3 rings (SSSR count). The molecule has 0 aromatic heterocycles. The van der Waals surface area contributed by atoms with Crippen LogP contribution in [0.3, 0.4) is 0 Å². The van der Waals surface area contributed by atoms with Crippen LogP contribution in [0.15, 0.2) is 0 Å². The van der Waals surface area contributed by atoms with Crippen LogP contribution in [0.25, 0.3) is 0 Å². The van der Waals surface area contributed by atoms with Gasteiger partial charge >= 0.3 is 0 Å². The van der Waals surface area contributed by atoms with Gasteiger partial charge < -0.3 is 16.0 Å². The molecule has 0 aromatic rings. The molecule has 4 heteroatoms. The van der Waals surface area contributed by atoms with Crippen molar-refractivity contribution >= 4 is 5.91 Å². The van der Waals surface area contributed by atoms with Crippen molar-refractivity contribution in [2.45, 2.75) is 64.1 Å². The van der Waals surface area contributed by atoms with Crippen molar-refractivity contribution in [3.05, 3.63) is 0 Å². The Morgan fingerprint density at radius 1 is 1.10 bits per heavy atom. The molecule has 114 valence electrons. The molecule has 1 heterocycles. The highest BCUT2D eigenvalue weighted by atomic mass is 16.2. The van der Waals surface area contributed by atoms with Crippen molar-refractivity contribution in [2.24, 2.45) is 23.5 Å². The number of nitrogens with zero attached hydrogens (tertiary/aromatic N) is 1. The van der Waals surface area contributed by atoms with E-state index in [1.54, 1.807) is 0 Å². The topological polar surface area (TPSA) is 58.4 Å². The normalized spacial score (nSPS) is 45.2. The summed E-state index contributed by atoms with van der Waals surface area (Å²) >= 11 is 0. The van der Waals surface area contributed by atoms with E-state index in [1.165, 1.54) is 19.3 Å². The fourth-order valence-corrected chi connectivity index (χ4v) is 4.76. The first-order chi connectivity index (χ1) is 9.54. The van der Waals surface area contributed by atoms with Crippen molar-refractivity contribution in [3.8, 4) is 0 Å². The average Bonchev–Trinajstić information content (AvgIpc) is 2.36. The number of hydrogen-bond acceptors (Lipinski definition) is 3. The predicted octanol–water partition coefficient (Wildman–Crippen LogP) is 1.35. The van der Waals surface area contributed by atoms with E-state index in [0.717, 1.165) is 25.9 Å². The number of nitrogens with one attached hydrogen (secondary N) is 1. The quantitative estimate of drug-likeness (QED) is 0.762. The largest absolute Gasteiger partial charge is 0.339 e. The second-order valence-electron chi connectivity index (χ2n) is 7.41. The summed E-state index contributed by atoms with van der Waals surface area (Å²) in [6.07, 6.45) is 5.84. The Balaban J connectivity index is 1.65. The molecule has 3 N–H and O–H groups in total. The molecule has 3 fully saturated rings. The Hall–Kier alpha value is -0.610. The number of piperazine rings is 1. The SMILES string of the molecule is CC1CN(C(=O)C2CC3CCCC(C2)C3N)CC(C)N1. The number of nitrogens with two attached hydrogens (primary N) is 1. The third-order valence-corrected chi connectivity index (χ3v) is 5.63. The Bertz CT molecular complexity index is 349. The van der Waals surface area contributed by atoms with Crippen molar-refractivity contribution in [2.75, 3.05) is 13.1 Å². The summed E-state index contributed by atoms with van der Waals surface area (Å²) in [5, 5.41) is 3.50. The van der Waals surface area contributed by atoms with Crippen LogP contribution in [0.2, 0.25) is 0 Å². The molecule has 0 spiro atoms. The first-order valence-electron chi connectivity index (χ1n) is 8.35. The van der Waals surface area contributed by atoms with Gasteiger partial charge in [-0.25, -0.2) is 0 Å². The van der Waals surface area contributed by atoms with Gasteiger partial charge in [0.15, 0.2) is 0 Å². The molecule has 3 aliphatic rings. The van der Waals surface area contributed by atoms with Gasteiger partial charge in [0.2, 0.25) is 5.91 Å². The number of fused-ring (bicyclic) bond motifs is 2. The van der Waals surface area contributed by atoms with Gasteiger partial charge in [-0.05, 0) is 51.4 Å². The number of hydrogen-bond donors (Lipinski definition) is 2. The number of amides is 1. The Labute approximate surface area is 122 Å². The summed E-state index contributed by atoms with van der Waals surface area (Å²) in [5.74, 6) is 1.82. The molecule has 2 aliphatic carbocycles. The zero-order chi connectivity index (χ0) is 14.3. The van der Waals surface area contributed by atoms with Gasteiger partial charge in [0.25, 0.3) is 0 Å². The highest BCUT2D eigenvalue weighted by Gasteiger charge is 2.42. The van der Waals surface area contributed by atoms with E-state index in [0.29, 0.717) is 35.9 Å². The lowest BCUT2D eigenvalue weighted by Gasteiger charge is -2.45. The Kier molecular flexibility index (Phi) is 4.04. The van der Waals surface area contributed by atoms with Crippen LogP contribution in [0.4, 0.5) is 0 Å². The Morgan fingerprint density at radius 3 is 2.20 bits per heavy atom. The minimum absolute atomic E-state index is 0.239. The monoisotopic (exact) mass is 279 g/mol. The smallest absolute Gasteiger partial charge is 0.225 e. The molecule has 2 bridgehead atoms.